The van der Waals surface area contributed by atoms with E-state index in [2.05, 4.69) is 13.8 Å². The average molecular weight is 154 g/mol. The molecule has 11 heavy (non-hydrogen) atoms. The van der Waals surface area contributed by atoms with E-state index in [1.54, 1.807) is 6.08 Å². The van der Waals surface area contributed by atoms with Gasteiger partial charge in [0.15, 0.2) is 5.78 Å². The van der Waals surface area contributed by atoms with Crippen molar-refractivity contribution in [2.45, 2.75) is 40.0 Å². The van der Waals surface area contributed by atoms with Crippen LogP contribution in [0.1, 0.15) is 40.0 Å². The van der Waals surface area contributed by atoms with Crippen LogP contribution in [0.25, 0.3) is 0 Å². The van der Waals surface area contributed by atoms with Crippen molar-refractivity contribution >= 4 is 5.78 Å². The molecule has 0 spiro atoms. The minimum absolute atomic E-state index is 0.233. The number of ketones is 1. The number of hydrogen-bond acceptors (Lipinski definition) is 1. The molecule has 64 valence electrons. The third-order valence-corrected chi connectivity index (χ3v) is 1.95. The molecule has 0 bridgehead atoms. The van der Waals surface area contributed by atoms with Crippen LogP contribution in [0.5, 0.6) is 0 Å². The maximum atomic E-state index is 10.9. The first-order valence-electron chi connectivity index (χ1n) is 4.45. The van der Waals surface area contributed by atoms with Gasteiger partial charge in [0.2, 0.25) is 0 Å². The van der Waals surface area contributed by atoms with Crippen LogP contribution in [0.2, 0.25) is 0 Å². The third kappa shape index (κ3) is 4.77. The van der Waals surface area contributed by atoms with E-state index in [0.717, 1.165) is 12.8 Å². The second kappa shape index (κ2) is 6.14. The molecular formula is C10H18O. The van der Waals surface area contributed by atoms with Gasteiger partial charge in [-0.2, -0.15) is 0 Å². The molecule has 0 aliphatic carbocycles. The van der Waals surface area contributed by atoms with E-state index in [4.69, 9.17) is 0 Å². The van der Waals surface area contributed by atoms with Crippen LogP contribution in [0.15, 0.2) is 12.2 Å². The summed E-state index contributed by atoms with van der Waals surface area (Å²) in [5.74, 6) is 0.822. The predicted molar refractivity (Wildman–Crippen MR) is 48.5 cm³/mol. The van der Waals surface area contributed by atoms with Gasteiger partial charge in [0.25, 0.3) is 0 Å². The molecule has 0 unspecified atom stereocenters. The summed E-state index contributed by atoms with van der Waals surface area (Å²) in [6.45, 7) is 6.18. The Morgan fingerprint density at radius 3 is 2.18 bits per heavy atom. The first kappa shape index (κ1) is 10.4. The van der Waals surface area contributed by atoms with E-state index >= 15 is 0 Å². The maximum absolute atomic E-state index is 10.9. The molecule has 0 saturated carbocycles. The molecule has 0 aromatic carbocycles. The first-order chi connectivity index (χ1) is 5.24. The smallest absolute Gasteiger partial charge is 0.155 e. The topological polar surface area (TPSA) is 17.1 Å². The molecule has 0 atom stereocenters. The van der Waals surface area contributed by atoms with Crippen molar-refractivity contribution in [2.24, 2.45) is 5.92 Å². The Kier molecular flexibility index (Phi) is 5.81. The molecule has 0 aromatic rings. The predicted octanol–water partition coefficient (Wildman–Crippen LogP) is 2.96. The fraction of sp³-hybridized carbons (Fsp3) is 0.700. The van der Waals surface area contributed by atoms with Gasteiger partial charge < -0.3 is 0 Å². The van der Waals surface area contributed by atoms with Crippen molar-refractivity contribution in [3.8, 4) is 0 Å². The lowest BCUT2D eigenvalue weighted by atomic mass is 10.0. The molecule has 0 rings (SSSR count). The van der Waals surface area contributed by atoms with E-state index < -0.39 is 0 Å². The van der Waals surface area contributed by atoms with Crippen molar-refractivity contribution in [3.05, 3.63) is 12.2 Å². The van der Waals surface area contributed by atoms with Crippen LogP contribution >= 0.6 is 0 Å². The van der Waals surface area contributed by atoms with Gasteiger partial charge >= 0.3 is 0 Å². The van der Waals surface area contributed by atoms with Gasteiger partial charge in [0.05, 0.1) is 0 Å². The molecule has 0 heterocycles. The third-order valence-electron chi connectivity index (χ3n) is 1.95. The fourth-order valence-corrected chi connectivity index (χ4v) is 0.922. The normalized spacial score (nSPS) is 11.3. The van der Waals surface area contributed by atoms with Crippen LogP contribution in [0.4, 0.5) is 0 Å². The highest BCUT2D eigenvalue weighted by Gasteiger charge is 1.97. The minimum Gasteiger partial charge on any atom is -0.295 e. The van der Waals surface area contributed by atoms with Gasteiger partial charge in [-0.05, 0) is 24.8 Å². The summed E-state index contributed by atoms with van der Waals surface area (Å²) in [7, 11) is 0. The van der Waals surface area contributed by atoms with Crippen molar-refractivity contribution in [2.75, 3.05) is 0 Å². The summed E-state index contributed by atoms with van der Waals surface area (Å²) in [4.78, 5) is 10.9. The Morgan fingerprint density at radius 2 is 1.82 bits per heavy atom. The zero-order valence-corrected chi connectivity index (χ0v) is 7.76. The highest BCUT2D eigenvalue weighted by Crippen LogP contribution is 2.08. The highest BCUT2D eigenvalue weighted by atomic mass is 16.1. The van der Waals surface area contributed by atoms with Crippen LogP contribution in [0, 0.1) is 5.92 Å². The maximum Gasteiger partial charge on any atom is 0.155 e. The second-order valence-corrected chi connectivity index (χ2v) is 2.76. The van der Waals surface area contributed by atoms with Crippen molar-refractivity contribution in [1.29, 1.82) is 0 Å². The van der Waals surface area contributed by atoms with Crippen molar-refractivity contribution in [1.82, 2.24) is 0 Å². The van der Waals surface area contributed by atoms with Gasteiger partial charge in [-0.15, -0.1) is 0 Å². The summed E-state index contributed by atoms with van der Waals surface area (Å²) >= 11 is 0. The zero-order valence-electron chi connectivity index (χ0n) is 7.76. The Hall–Kier alpha value is -0.590. The Bertz CT molecular complexity index is 132. The molecule has 0 aromatic heterocycles. The number of carbonyl (C=O) groups is 1. The summed E-state index contributed by atoms with van der Waals surface area (Å²) < 4.78 is 0. The van der Waals surface area contributed by atoms with Crippen LogP contribution in [-0.2, 0) is 4.79 Å². The van der Waals surface area contributed by atoms with Crippen LogP contribution < -0.4 is 0 Å². The molecule has 0 aliphatic rings. The number of allylic oxidation sites excluding steroid dienone is 2. The fourth-order valence-electron chi connectivity index (χ4n) is 0.922. The molecule has 0 radical (unpaired) electrons. The lowest BCUT2D eigenvalue weighted by Gasteiger charge is -2.03. The monoisotopic (exact) mass is 154 g/mol. The van der Waals surface area contributed by atoms with Gasteiger partial charge in [-0.3, -0.25) is 4.79 Å². The number of hydrogen-bond donors (Lipinski definition) is 0. The average Bonchev–Trinajstić information content (AvgIpc) is 2.06. The second-order valence-electron chi connectivity index (χ2n) is 2.76. The lowest BCUT2D eigenvalue weighted by molar-refractivity contribution is -0.114. The summed E-state index contributed by atoms with van der Waals surface area (Å²) in [5, 5.41) is 0. The Balaban J connectivity index is 3.78. The van der Waals surface area contributed by atoms with E-state index in [9.17, 15) is 4.79 Å². The zero-order chi connectivity index (χ0) is 8.69. The van der Waals surface area contributed by atoms with E-state index in [0.29, 0.717) is 12.3 Å². The van der Waals surface area contributed by atoms with Gasteiger partial charge in [0.1, 0.15) is 0 Å². The molecule has 0 saturated heterocycles. The molecule has 1 nitrogen and oxygen atoms in total. The van der Waals surface area contributed by atoms with Crippen molar-refractivity contribution < 1.29 is 4.79 Å². The Labute approximate surface area is 69.5 Å². The molecular weight excluding hydrogens is 136 g/mol. The SMILES string of the molecule is CCC(=O)C=CC(CC)CC. The van der Waals surface area contributed by atoms with Crippen molar-refractivity contribution in [3.63, 3.8) is 0 Å². The number of rotatable bonds is 5. The largest absolute Gasteiger partial charge is 0.295 e. The highest BCUT2D eigenvalue weighted by molar-refractivity contribution is 5.89. The van der Waals surface area contributed by atoms with E-state index in [1.807, 2.05) is 13.0 Å². The standard InChI is InChI=1S/C10H18O/c1-4-9(5-2)7-8-10(11)6-3/h7-9H,4-6H2,1-3H3. The van der Waals surface area contributed by atoms with Crippen LogP contribution in [-0.4, -0.2) is 5.78 Å². The van der Waals surface area contributed by atoms with E-state index in [-0.39, 0.29) is 5.78 Å². The quantitative estimate of drug-likeness (QED) is 0.556. The summed E-state index contributed by atoms with van der Waals surface area (Å²) in [6, 6.07) is 0. The first-order valence-corrected chi connectivity index (χ1v) is 4.45. The van der Waals surface area contributed by atoms with Gasteiger partial charge in [-0.25, -0.2) is 0 Å². The number of carbonyl (C=O) groups excluding carboxylic acids is 1. The van der Waals surface area contributed by atoms with Crippen LogP contribution in [0.3, 0.4) is 0 Å². The Morgan fingerprint density at radius 1 is 1.27 bits per heavy atom. The minimum atomic E-state index is 0.233. The van der Waals surface area contributed by atoms with E-state index in [1.165, 1.54) is 0 Å². The van der Waals surface area contributed by atoms with Gasteiger partial charge in [0, 0.05) is 6.42 Å². The molecule has 0 N–H and O–H groups in total. The summed E-state index contributed by atoms with van der Waals surface area (Å²) in [5.41, 5.74) is 0. The molecule has 0 aliphatic heterocycles. The lowest BCUT2D eigenvalue weighted by Crippen LogP contribution is -1.94. The summed E-state index contributed by atoms with van der Waals surface area (Å²) in [6.07, 6.45) is 6.63. The molecule has 1 heteroatoms. The molecule has 0 fully saturated rings. The molecule has 0 amide bonds. The van der Waals surface area contributed by atoms with Gasteiger partial charge in [-0.1, -0.05) is 26.8 Å².